The number of piperazine rings is 1. The average Bonchev–Trinajstić information content (AvgIpc) is 2.49. The van der Waals surface area contributed by atoms with Gasteiger partial charge in [-0.25, -0.2) is 4.79 Å². The first-order valence-electron chi connectivity index (χ1n) is 7.30. The molecule has 1 saturated heterocycles. The lowest BCUT2D eigenvalue weighted by Crippen LogP contribution is -2.55. The third-order valence-electron chi connectivity index (χ3n) is 3.81. The van der Waals surface area contributed by atoms with Crippen LogP contribution < -0.4 is 11.1 Å². The van der Waals surface area contributed by atoms with E-state index in [0.29, 0.717) is 13.1 Å². The Morgan fingerprint density at radius 1 is 1.29 bits per heavy atom. The van der Waals surface area contributed by atoms with Crippen LogP contribution in [0.5, 0.6) is 0 Å². The van der Waals surface area contributed by atoms with Crippen LogP contribution in [0.3, 0.4) is 0 Å². The Labute approximate surface area is 125 Å². The Bertz CT molecular complexity index is 482. The summed E-state index contributed by atoms with van der Waals surface area (Å²) in [6.07, 6.45) is 0.825. The van der Waals surface area contributed by atoms with Crippen LogP contribution in [0.1, 0.15) is 13.3 Å². The fourth-order valence-electron chi connectivity index (χ4n) is 2.64. The minimum absolute atomic E-state index is 0.00988. The molecule has 2 rings (SSSR count). The van der Waals surface area contributed by atoms with Gasteiger partial charge in [0.25, 0.3) is 0 Å². The van der Waals surface area contributed by atoms with Gasteiger partial charge in [-0.2, -0.15) is 0 Å². The van der Waals surface area contributed by atoms with Crippen molar-refractivity contribution in [1.29, 1.82) is 5.41 Å². The van der Waals surface area contributed by atoms with E-state index in [0.717, 1.165) is 25.2 Å². The van der Waals surface area contributed by atoms with Crippen LogP contribution in [0, 0.1) is 5.41 Å². The van der Waals surface area contributed by atoms with Crippen molar-refractivity contribution in [2.75, 3.05) is 31.5 Å². The van der Waals surface area contributed by atoms with E-state index in [2.05, 4.69) is 10.2 Å². The molecule has 1 atom stereocenters. The number of hydrogen-bond donors (Lipinski definition) is 3. The number of nitrogens with one attached hydrogen (secondary N) is 2. The second kappa shape index (κ2) is 7.08. The standard InChI is InChI=1S/C15H23N5O/c1-2-13(14(16)17)19-8-10-20(11-9-19)15(21)18-12-6-4-3-5-7-12/h3-7,13H,2,8-11H2,1H3,(H3,16,17)(H,18,21). The molecular weight excluding hydrogens is 266 g/mol. The number of nitrogens with two attached hydrogens (primary N) is 1. The number of amidine groups is 1. The van der Waals surface area contributed by atoms with Gasteiger partial charge in [0.15, 0.2) is 0 Å². The SMILES string of the molecule is CCC(C(=N)N)N1CCN(C(=O)Nc2ccccc2)CC1. The van der Waals surface area contributed by atoms with E-state index in [1.165, 1.54) is 0 Å². The van der Waals surface area contributed by atoms with Gasteiger partial charge in [0, 0.05) is 31.9 Å². The van der Waals surface area contributed by atoms with Crippen LogP contribution in [-0.2, 0) is 0 Å². The fourth-order valence-corrected chi connectivity index (χ4v) is 2.64. The maximum atomic E-state index is 12.2. The molecule has 1 aromatic carbocycles. The van der Waals surface area contributed by atoms with Crippen molar-refractivity contribution >= 4 is 17.6 Å². The summed E-state index contributed by atoms with van der Waals surface area (Å²) in [6.45, 7) is 4.84. The molecule has 1 fully saturated rings. The zero-order valence-electron chi connectivity index (χ0n) is 12.4. The summed E-state index contributed by atoms with van der Waals surface area (Å²) in [5, 5.41) is 10.5. The van der Waals surface area contributed by atoms with E-state index in [-0.39, 0.29) is 17.9 Å². The molecule has 1 aromatic rings. The maximum Gasteiger partial charge on any atom is 0.321 e. The molecule has 1 unspecified atom stereocenters. The normalized spacial score (nSPS) is 17.3. The van der Waals surface area contributed by atoms with Crippen molar-refractivity contribution in [3.8, 4) is 0 Å². The monoisotopic (exact) mass is 289 g/mol. The maximum absolute atomic E-state index is 12.2. The number of carbonyl (C=O) groups is 1. The van der Waals surface area contributed by atoms with Crippen molar-refractivity contribution in [2.24, 2.45) is 5.73 Å². The molecule has 1 aliphatic heterocycles. The van der Waals surface area contributed by atoms with Gasteiger partial charge in [0.1, 0.15) is 5.84 Å². The number of para-hydroxylation sites is 1. The Kier molecular flexibility index (Phi) is 5.16. The second-order valence-corrected chi connectivity index (χ2v) is 5.20. The Hall–Kier alpha value is -2.08. The minimum Gasteiger partial charge on any atom is -0.386 e. The first kappa shape index (κ1) is 15.3. The number of anilines is 1. The van der Waals surface area contributed by atoms with E-state index in [1.54, 1.807) is 4.90 Å². The molecule has 0 aromatic heterocycles. The lowest BCUT2D eigenvalue weighted by atomic mass is 10.1. The predicted molar refractivity (Wildman–Crippen MR) is 84.6 cm³/mol. The molecular formula is C15H23N5O. The summed E-state index contributed by atoms with van der Waals surface area (Å²) < 4.78 is 0. The molecule has 1 heterocycles. The van der Waals surface area contributed by atoms with Gasteiger partial charge >= 0.3 is 6.03 Å². The molecule has 0 aliphatic carbocycles. The Morgan fingerprint density at radius 2 is 1.90 bits per heavy atom. The third kappa shape index (κ3) is 3.95. The lowest BCUT2D eigenvalue weighted by Gasteiger charge is -2.38. The largest absolute Gasteiger partial charge is 0.386 e. The van der Waals surface area contributed by atoms with Crippen LogP contribution in [-0.4, -0.2) is 53.9 Å². The number of nitrogens with zero attached hydrogens (tertiary/aromatic N) is 2. The minimum atomic E-state index is -0.0725. The summed E-state index contributed by atoms with van der Waals surface area (Å²) >= 11 is 0. The van der Waals surface area contributed by atoms with Crippen molar-refractivity contribution in [3.05, 3.63) is 30.3 Å². The molecule has 0 bridgehead atoms. The van der Waals surface area contributed by atoms with Crippen molar-refractivity contribution in [1.82, 2.24) is 9.80 Å². The highest BCUT2D eigenvalue weighted by atomic mass is 16.2. The fraction of sp³-hybridized carbons (Fsp3) is 0.467. The number of hydrogen-bond acceptors (Lipinski definition) is 3. The first-order chi connectivity index (χ1) is 10.1. The Balaban J connectivity index is 1.86. The molecule has 0 spiro atoms. The van der Waals surface area contributed by atoms with Gasteiger partial charge < -0.3 is 16.0 Å². The number of carbonyl (C=O) groups excluding carboxylic acids is 1. The van der Waals surface area contributed by atoms with Gasteiger partial charge in [-0.1, -0.05) is 25.1 Å². The van der Waals surface area contributed by atoms with Crippen LogP contribution in [0.2, 0.25) is 0 Å². The molecule has 4 N–H and O–H groups in total. The summed E-state index contributed by atoms with van der Waals surface area (Å²) in [7, 11) is 0. The highest BCUT2D eigenvalue weighted by Crippen LogP contribution is 2.11. The van der Waals surface area contributed by atoms with Gasteiger partial charge in [-0.3, -0.25) is 10.3 Å². The molecule has 0 radical (unpaired) electrons. The molecule has 114 valence electrons. The number of amides is 2. The number of benzene rings is 1. The van der Waals surface area contributed by atoms with E-state index < -0.39 is 0 Å². The van der Waals surface area contributed by atoms with Gasteiger partial charge in [-0.05, 0) is 18.6 Å². The molecule has 1 aliphatic rings. The molecule has 0 saturated carbocycles. The van der Waals surface area contributed by atoms with E-state index >= 15 is 0 Å². The second-order valence-electron chi connectivity index (χ2n) is 5.20. The third-order valence-corrected chi connectivity index (χ3v) is 3.81. The van der Waals surface area contributed by atoms with Gasteiger partial charge in [-0.15, -0.1) is 0 Å². The van der Waals surface area contributed by atoms with E-state index in [1.807, 2.05) is 37.3 Å². The average molecular weight is 289 g/mol. The number of urea groups is 1. The van der Waals surface area contributed by atoms with Gasteiger partial charge in [0.2, 0.25) is 0 Å². The number of rotatable bonds is 4. The first-order valence-corrected chi connectivity index (χ1v) is 7.30. The Morgan fingerprint density at radius 3 is 2.43 bits per heavy atom. The van der Waals surface area contributed by atoms with E-state index in [4.69, 9.17) is 11.1 Å². The quantitative estimate of drug-likeness (QED) is 0.580. The van der Waals surface area contributed by atoms with Crippen molar-refractivity contribution < 1.29 is 4.79 Å². The highest BCUT2D eigenvalue weighted by Gasteiger charge is 2.26. The molecule has 6 heteroatoms. The molecule has 2 amide bonds. The molecule has 6 nitrogen and oxygen atoms in total. The zero-order chi connectivity index (χ0) is 15.2. The topological polar surface area (TPSA) is 85.5 Å². The highest BCUT2D eigenvalue weighted by molar-refractivity contribution is 5.89. The summed E-state index contributed by atoms with van der Waals surface area (Å²) in [6, 6.07) is 9.37. The summed E-state index contributed by atoms with van der Waals surface area (Å²) in [5.74, 6) is 0.208. The lowest BCUT2D eigenvalue weighted by molar-refractivity contribution is 0.132. The smallest absolute Gasteiger partial charge is 0.321 e. The predicted octanol–water partition coefficient (Wildman–Crippen LogP) is 1.55. The van der Waals surface area contributed by atoms with Crippen LogP contribution in [0.4, 0.5) is 10.5 Å². The van der Waals surface area contributed by atoms with E-state index in [9.17, 15) is 4.79 Å². The zero-order valence-corrected chi connectivity index (χ0v) is 12.4. The molecule has 21 heavy (non-hydrogen) atoms. The van der Waals surface area contributed by atoms with Gasteiger partial charge in [0.05, 0.1) is 6.04 Å². The summed E-state index contributed by atoms with van der Waals surface area (Å²) in [5.41, 5.74) is 6.43. The van der Waals surface area contributed by atoms with Crippen LogP contribution in [0.15, 0.2) is 30.3 Å². The summed E-state index contributed by atoms with van der Waals surface area (Å²) in [4.78, 5) is 16.2. The van der Waals surface area contributed by atoms with Crippen molar-refractivity contribution in [2.45, 2.75) is 19.4 Å². The van der Waals surface area contributed by atoms with Crippen LogP contribution in [0.25, 0.3) is 0 Å². The van der Waals surface area contributed by atoms with Crippen LogP contribution >= 0.6 is 0 Å². The van der Waals surface area contributed by atoms with Crippen molar-refractivity contribution in [3.63, 3.8) is 0 Å².